The quantitative estimate of drug-likeness (QED) is 0.672. The molecule has 1 aromatic heterocycles. The molecule has 0 aliphatic rings. The number of nitrogens with zero attached hydrogens (tertiary/aromatic N) is 1. The number of hydrogen-bond acceptors (Lipinski definition) is 1. The number of aromatic nitrogens is 1. The molecule has 0 radical (unpaired) electrons. The monoisotopic (exact) mass is 207 g/mol. The Morgan fingerprint density at radius 2 is 1.53 bits per heavy atom. The first-order chi connectivity index (χ1) is 7.38. The fraction of sp³-hybridized carbons (Fsp3) is 0.615. The van der Waals surface area contributed by atoms with Gasteiger partial charge in [-0.25, -0.2) is 4.98 Å². The topological polar surface area (TPSA) is 17.4 Å². The summed E-state index contributed by atoms with van der Waals surface area (Å²) in [6, 6.07) is 4.32. The lowest BCUT2D eigenvalue weighted by atomic mass is 10.2. The van der Waals surface area contributed by atoms with Crippen molar-refractivity contribution in [1.29, 1.82) is 0 Å². The molecule has 0 unspecified atom stereocenters. The third kappa shape index (κ3) is 4.32. The molecule has 0 saturated heterocycles. The number of nitrogens with one attached hydrogen (secondary N) is 1. The van der Waals surface area contributed by atoms with Gasteiger partial charge in [-0.15, -0.1) is 0 Å². The van der Waals surface area contributed by atoms with E-state index < -0.39 is 0 Å². The number of rotatable bonds is 7. The molecular weight excluding hydrogens is 184 g/mol. The van der Waals surface area contributed by atoms with E-state index >= 15 is 0 Å². The molecule has 84 valence electrons. The summed E-state index contributed by atoms with van der Waals surface area (Å²) in [4.78, 5) is 5.56. The van der Waals surface area contributed by atoms with Crippen molar-refractivity contribution in [3.05, 3.63) is 24.5 Å². The van der Waals surface area contributed by atoms with Crippen molar-refractivity contribution < 1.29 is 4.98 Å². The molecule has 0 saturated carbocycles. The average Bonchev–Trinajstić information content (AvgIpc) is 2.30. The number of aromatic amines is 1. The molecule has 0 spiro atoms. The Kier molecular flexibility index (Phi) is 5.83. The maximum absolute atomic E-state index is 3.07. The number of anilines is 1. The highest BCUT2D eigenvalue weighted by Crippen LogP contribution is 2.13. The number of hydrogen-bond donors (Lipinski definition) is 0. The first-order valence-corrected chi connectivity index (χ1v) is 6.09. The molecule has 0 fully saturated rings. The predicted octanol–water partition coefficient (Wildman–Crippen LogP) is 2.91. The second-order valence-electron chi connectivity index (χ2n) is 3.95. The number of H-pyrrole nitrogens is 1. The van der Waals surface area contributed by atoms with Crippen LogP contribution in [0.2, 0.25) is 0 Å². The van der Waals surface area contributed by atoms with Crippen LogP contribution in [0.3, 0.4) is 0 Å². The van der Waals surface area contributed by atoms with Crippen LogP contribution in [0.4, 0.5) is 5.69 Å². The molecule has 0 amide bonds. The van der Waals surface area contributed by atoms with E-state index in [0.29, 0.717) is 0 Å². The Morgan fingerprint density at radius 1 is 1.00 bits per heavy atom. The SMILES string of the molecule is CCCCN(CCCC)c1cc[nH+]cc1. The average molecular weight is 207 g/mol. The normalized spacial score (nSPS) is 10.3. The summed E-state index contributed by atoms with van der Waals surface area (Å²) in [6.45, 7) is 6.86. The lowest BCUT2D eigenvalue weighted by molar-refractivity contribution is -0.377. The first kappa shape index (κ1) is 12.0. The molecule has 2 heteroatoms. The summed E-state index contributed by atoms with van der Waals surface area (Å²) >= 11 is 0. The van der Waals surface area contributed by atoms with Crippen molar-refractivity contribution in [3.63, 3.8) is 0 Å². The smallest absolute Gasteiger partial charge is 0.169 e. The lowest BCUT2D eigenvalue weighted by Gasteiger charge is -2.23. The highest BCUT2D eigenvalue weighted by atomic mass is 15.1. The van der Waals surface area contributed by atoms with Gasteiger partial charge >= 0.3 is 0 Å². The summed E-state index contributed by atoms with van der Waals surface area (Å²) in [5.74, 6) is 0. The van der Waals surface area contributed by atoms with Gasteiger partial charge in [-0.05, 0) is 12.8 Å². The van der Waals surface area contributed by atoms with E-state index in [9.17, 15) is 0 Å². The standard InChI is InChI=1S/C13H22N2/c1-3-5-11-15(12-6-4-2)13-7-9-14-10-8-13/h7-10H,3-6,11-12H2,1-2H3/p+1. The number of pyridine rings is 1. The molecular formula is C13H23N2+. The summed E-state index contributed by atoms with van der Waals surface area (Å²) in [5, 5.41) is 0. The van der Waals surface area contributed by atoms with Gasteiger partial charge in [0.1, 0.15) is 0 Å². The third-order valence-corrected chi connectivity index (χ3v) is 2.63. The van der Waals surface area contributed by atoms with Crippen molar-refractivity contribution in [2.24, 2.45) is 0 Å². The van der Waals surface area contributed by atoms with Gasteiger partial charge in [0, 0.05) is 30.9 Å². The van der Waals surface area contributed by atoms with E-state index in [-0.39, 0.29) is 0 Å². The Hall–Kier alpha value is -1.05. The van der Waals surface area contributed by atoms with Crippen molar-refractivity contribution in [3.8, 4) is 0 Å². The fourth-order valence-electron chi connectivity index (χ4n) is 1.66. The minimum Gasteiger partial charge on any atom is -0.371 e. The van der Waals surface area contributed by atoms with Crippen LogP contribution in [-0.2, 0) is 0 Å². The van der Waals surface area contributed by atoms with Gasteiger partial charge in [0.2, 0.25) is 0 Å². The molecule has 2 nitrogen and oxygen atoms in total. The molecule has 0 atom stereocenters. The van der Waals surface area contributed by atoms with E-state index in [0.717, 1.165) is 0 Å². The molecule has 0 bridgehead atoms. The van der Waals surface area contributed by atoms with Crippen LogP contribution in [0.1, 0.15) is 39.5 Å². The van der Waals surface area contributed by atoms with Crippen LogP contribution in [-0.4, -0.2) is 13.1 Å². The van der Waals surface area contributed by atoms with Crippen molar-refractivity contribution >= 4 is 5.69 Å². The summed E-state index contributed by atoms with van der Waals surface area (Å²) < 4.78 is 0. The van der Waals surface area contributed by atoms with Crippen LogP contribution in [0.15, 0.2) is 24.5 Å². The highest BCUT2D eigenvalue weighted by Gasteiger charge is 2.05. The van der Waals surface area contributed by atoms with Gasteiger partial charge in [0.15, 0.2) is 12.4 Å². The first-order valence-electron chi connectivity index (χ1n) is 6.09. The maximum atomic E-state index is 3.07. The van der Waals surface area contributed by atoms with Gasteiger partial charge < -0.3 is 4.90 Å². The Balaban J connectivity index is 2.55. The zero-order valence-electron chi connectivity index (χ0n) is 10.00. The van der Waals surface area contributed by atoms with Crippen molar-refractivity contribution in [2.45, 2.75) is 39.5 Å². The summed E-state index contributed by atoms with van der Waals surface area (Å²) in [7, 11) is 0. The van der Waals surface area contributed by atoms with Crippen LogP contribution in [0.25, 0.3) is 0 Å². The van der Waals surface area contributed by atoms with Gasteiger partial charge in [-0.3, -0.25) is 0 Å². The Bertz CT molecular complexity index is 238. The molecule has 1 N–H and O–H groups in total. The minimum atomic E-state index is 1.18. The van der Waals surface area contributed by atoms with Crippen molar-refractivity contribution in [1.82, 2.24) is 0 Å². The molecule has 15 heavy (non-hydrogen) atoms. The zero-order chi connectivity index (χ0) is 10.9. The van der Waals surface area contributed by atoms with E-state index in [2.05, 4.69) is 35.9 Å². The predicted molar refractivity (Wildman–Crippen MR) is 65.0 cm³/mol. The van der Waals surface area contributed by atoms with E-state index in [1.807, 2.05) is 12.4 Å². The van der Waals surface area contributed by atoms with E-state index in [4.69, 9.17) is 0 Å². The molecule has 0 aliphatic heterocycles. The molecule has 0 aromatic carbocycles. The largest absolute Gasteiger partial charge is 0.371 e. The fourth-order valence-corrected chi connectivity index (χ4v) is 1.66. The van der Waals surface area contributed by atoms with Gasteiger partial charge in [0.05, 0.1) is 0 Å². The molecule has 1 rings (SSSR count). The summed E-state index contributed by atoms with van der Waals surface area (Å²) in [5.41, 5.74) is 1.34. The molecule has 1 aromatic rings. The van der Waals surface area contributed by atoms with Crippen LogP contribution >= 0.6 is 0 Å². The second-order valence-corrected chi connectivity index (χ2v) is 3.95. The second kappa shape index (κ2) is 7.27. The van der Waals surface area contributed by atoms with Gasteiger partial charge in [-0.2, -0.15) is 0 Å². The molecule has 0 aliphatic carbocycles. The maximum Gasteiger partial charge on any atom is 0.169 e. The third-order valence-electron chi connectivity index (χ3n) is 2.63. The van der Waals surface area contributed by atoms with Crippen LogP contribution in [0.5, 0.6) is 0 Å². The highest BCUT2D eigenvalue weighted by molar-refractivity contribution is 5.43. The van der Waals surface area contributed by atoms with E-state index in [1.54, 1.807) is 0 Å². The van der Waals surface area contributed by atoms with Gasteiger partial charge in [-0.1, -0.05) is 26.7 Å². The zero-order valence-corrected chi connectivity index (χ0v) is 10.00. The minimum absolute atomic E-state index is 1.18. The summed E-state index contributed by atoms with van der Waals surface area (Å²) in [6.07, 6.45) is 9.09. The Labute approximate surface area is 93.3 Å². The molecule has 1 heterocycles. The van der Waals surface area contributed by atoms with Crippen LogP contribution < -0.4 is 9.88 Å². The van der Waals surface area contributed by atoms with Crippen LogP contribution in [0, 0.1) is 0 Å². The van der Waals surface area contributed by atoms with Gasteiger partial charge in [0.25, 0.3) is 0 Å². The lowest BCUT2D eigenvalue weighted by Crippen LogP contribution is -2.25. The number of unbranched alkanes of at least 4 members (excludes halogenated alkanes) is 2. The Morgan fingerprint density at radius 3 is 2.00 bits per heavy atom. The van der Waals surface area contributed by atoms with Crippen molar-refractivity contribution in [2.75, 3.05) is 18.0 Å². The van der Waals surface area contributed by atoms with E-state index in [1.165, 1.54) is 44.5 Å².